The Morgan fingerprint density at radius 2 is 1.87 bits per heavy atom. The number of phenolic OH excluding ortho intramolecular Hbond substituents is 2. The fourth-order valence-electron chi connectivity index (χ4n) is 5.18. The zero-order valence-corrected chi connectivity index (χ0v) is 23.3. The van der Waals surface area contributed by atoms with Crippen molar-refractivity contribution in [2.24, 2.45) is 0 Å². The molecule has 1 heterocycles. The molecule has 0 spiro atoms. The van der Waals surface area contributed by atoms with E-state index in [4.69, 9.17) is 0 Å². The molecule has 208 valence electrons. The molecule has 9 heteroatoms. The Labute approximate surface area is 229 Å². The van der Waals surface area contributed by atoms with Crippen LogP contribution in [0.15, 0.2) is 53.4 Å². The highest BCUT2D eigenvalue weighted by Gasteiger charge is 2.33. The molecular formula is C30H35FN2O5S. The molecule has 0 unspecified atom stereocenters. The van der Waals surface area contributed by atoms with Gasteiger partial charge in [-0.2, -0.15) is 0 Å². The van der Waals surface area contributed by atoms with Crippen LogP contribution in [-0.2, 0) is 9.84 Å². The number of carbonyl (C=O) groups excluding carboxylic acids is 1. The van der Waals surface area contributed by atoms with Gasteiger partial charge in [-0.15, -0.1) is 0 Å². The number of piperidine rings is 1. The van der Waals surface area contributed by atoms with Gasteiger partial charge in [-0.1, -0.05) is 24.3 Å². The van der Waals surface area contributed by atoms with E-state index in [2.05, 4.69) is 5.32 Å². The fourth-order valence-corrected chi connectivity index (χ4v) is 6.72. The van der Waals surface area contributed by atoms with Gasteiger partial charge in [0, 0.05) is 29.2 Å². The van der Waals surface area contributed by atoms with Crippen molar-refractivity contribution in [3.05, 3.63) is 76.6 Å². The summed E-state index contributed by atoms with van der Waals surface area (Å²) >= 11 is 0. The zero-order chi connectivity index (χ0) is 28.3. The third-order valence-corrected chi connectivity index (χ3v) is 9.07. The van der Waals surface area contributed by atoms with Crippen LogP contribution in [0.2, 0.25) is 0 Å². The van der Waals surface area contributed by atoms with Gasteiger partial charge in [-0.3, -0.25) is 4.79 Å². The largest absolute Gasteiger partial charge is 0.508 e. The number of nitrogens with zero attached hydrogens (tertiary/aromatic N) is 1. The van der Waals surface area contributed by atoms with Gasteiger partial charge in [0.2, 0.25) is 0 Å². The third-order valence-electron chi connectivity index (χ3n) is 7.26. The van der Waals surface area contributed by atoms with Crippen LogP contribution in [0, 0.1) is 12.7 Å². The maximum absolute atomic E-state index is 14.8. The molecule has 7 nitrogen and oxygen atoms in total. The molecular weight excluding hydrogens is 519 g/mol. The number of ketones is 1. The van der Waals surface area contributed by atoms with Crippen molar-refractivity contribution in [2.45, 2.75) is 37.0 Å². The molecule has 1 atom stereocenters. The predicted octanol–water partition coefficient (Wildman–Crippen LogP) is 4.64. The number of rotatable bonds is 9. The number of halogens is 1. The van der Waals surface area contributed by atoms with Crippen molar-refractivity contribution in [1.82, 2.24) is 10.2 Å². The molecule has 0 radical (unpaired) electrons. The number of aromatic hydroxyl groups is 2. The Hall–Kier alpha value is -3.27. The predicted molar refractivity (Wildman–Crippen MR) is 150 cm³/mol. The Morgan fingerprint density at radius 3 is 2.54 bits per heavy atom. The topological polar surface area (TPSA) is 107 Å². The summed E-state index contributed by atoms with van der Waals surface area (Å²) in [6.07, 6.45) is 1.90. The van der Waals surface area contributed by atoms with Crippen LogP contribution in [-0.4, -0.2) is 68.8 Å². The minimum atomic E-state index is -4.02. The van der Waals surface area contributed by atoms with Crippen molar-refractivity contribution in [3.63, 3.8) is 0 Å². The van der Waals surface area contributed by atoms with E-state index in [1.165, 1.54) is 49.4 Å². The number of carbonyl (C=O) groups is 1. The average molecular weight is 555 g/mol. The fraction of sp³-hybridized carbons (Fsp3) is 0.367. The lowest BCUT2D eigenvalue weighted by atomic mass is 9.84. The van der Waals surface area contributed by atoms with Gasteiger partial charge in [0.05, 0.1) is 16.2 Å². The molecule has 3 aromatic rings. The van der Waals surface area contributed by atoms with Crippen molar-refractivity contribution in [3.8, 4) is 22.6 Å². The Balaban J connectivity index is 2.07. The summed E-state index contributed by atoms with van der Waals surface area (Å²) in [6, 6.07) is 11.4. The van der Waals surface area contributed by atoms with Crippen molar-refractivity contribution in [1.29, 1.82) is 0 Å². The van der Waals surface area contributed by atoms with Gasteiger partial charge in [-0.25, -0.2) is 12.8 Å². The molecule has 0 saturated carbocycles. The maximum Gasteiger partial charge on any atom is 0.195 e. The van der Waals surface area contributed by atoms with E-state index >= 15 is 0 Å². The van der Waals surface area contributed by atoms with Crippen molar-refractivity contribution >= 4 is 15.6 Å². The zero-order valence-electron chi connectivity index (χ0n) is 22.5. The normalized spacial score (nSPS) is 16.0. The molecule has 1 aliphatic rings. The van der Waals surface area contributed by atoms with Gasteiger partial charge in [0.25, 0.3) is 0 Å². The van der Waals surface area contributed by atoms with Gasteiger partial charge in [0.15, 0.2) is 15.6 Å². The highest BCUT2D eigenvalue weighted by Crippen LogP contribution is 2.45. The Morgan fingerprint density at radius 1 is 1.13 bits per heavy atom. The summed E-state index contributed by atoms with van der Waals surface area (Å²) in [5.41, 5.74) is 0.679. The molecule has 1 fully saturated rings. The lowest BCUT2D eigenvalue weighted by Gasteiger charge is -2.27. The van der Waals surface area contributed by atoms with Crippen molar-refractivity contribution < 1.29 is 27.8 Å². The first kappa shape index (κ1) is 28.7. The van der Waals surface area contributed by atoms with Crippen LogP contribution >= 0.6 is 0 Å². The third kappa shape index (κ3) is 6.16. The Bertz CT molecular complexity index is 1480. The van der Waals surface area contributed by atoms with Crippen LogP contribution in [0.5, 0.6) is 11.5 Å². The molecule has 0 aromatic heterocycles. The molecule has 4 rings (SSSR count). The summed E-state index contributed by atoms with van der Waals surface area (Å²) < 4.78 is 42.7. The quantitative estimate of drug-likeness (QED) is 0.331. The van der Waals surface area contributed by atoms with E-state index in [0.717, 1.165) is 19.4 Å². The SMILES string of the molecule is Cc1c(F)cccc1-c1c(O)c([C@H]2CCCNC2)cc(S(=O)(=O)CCCN(C)C)c1C(=O)c1cccc(O)c1. The molecule has 0 bridgehead atoms. The second-order valence-corrected chi connectivity index (χ2v) is 12.5. The van der Waals surface area contributed by atoms with Gasteiger partial charge >= 0.3 is 0 Å². The average Bonchev–Trinajstić information content (AvgIpc) is 2.90. The monoisotopic (exact) mass is 554 g/mol. The highest BCUT2D eigenvalue weighted by molar-refractivity contribution is 7.91. The number of sulfone groups is 1. The number of benzene rings is 3. The first-order chi connectivity index (χ1) is 18.5. The van der Waals surface area contributed by atoms with E-state index in [-0.39, 0.29) is 55.9 Å². The highest BCUT2D eigenvalue weighted by atomic mass is 32.2. The second kappa shape index (κ2) is 11.9. The minimum absolute atomic E-state index is 0.00500. The van der Waals surface area contributed by atoms with Crippen molar-refractivity contribution in [2.75, 3.05) is 39.5 Å². The van der Waals surface area contributed by atoms with Crippen LogP contribution in [0.3, 0.4) is 0 Å². The summed E-state index contributed by atoms with van der Waals surface area (Å²) in [4.78, 5) is 15.8. The number of phenols is 2. The van der Waals surface area contributed by atoms with Crippen LogP contribution in [0.25, 0.3) is 11.1 Å². The van der Waals surface area contributed by atoms with Crippen LogP contribution < -0.4 is 5.32 Å². The number of nitrogens with one attached hydrogen (secondary N) is 1. The van der Waals surface area contributed by atoms with Crippen LogP contribution in [0.1, 0.15) is 52.2 Å². The van der Waals surface area contributed by atoms with E-state index in [9.17, 15) is 27.8 Å². The standard InChI is InChI=1S/C30H35FN2O5S/c1-19-23(11-5-12-25(19)31)27-28(29(35)20-8-4-10-22(34)16-20)26(39(37,38)15-7-14-33(2)3)17-24(30(27)36)21-9-6-13-32-18-21/h4-5,8,10-12,16-17,21,32,34,36H,6-7,9,13-15,18H2,1-3H3/t21-/m0/s1. The smallest absolute Gasteiger partial charge is 0.195 e. The summed E-state index contributed by atoms with van der Waals surface area (Å²) in [5, 5.41) is 25.1. The molecule has 3 aromatic carbocycles. The number of hydrogen-bond acceptors (Lipinski definition) is 7. The van der Waals surface area contributed by atoms with Crippen LogP contribution in [0.4, 0.5) is 4.39 Å². The summed E-state index contributed by atoms with van der Waals surface area (Å²) in [5.74, 6) is -2.00. The number of hydrogen-bond donors (Lipinski definition) is 3. The lowest BCUT2D eigenvalue weighted by Crippen LogP contribution is -2.29. The molecule has 1 saturated heterocycles. The summed E-state index contributed by atoms with van der Waals surface area (Å²) in [7, 11) is -0.316. The van der Waals surface area contributed by atoms with Gasteiger partial charge in [-0.05, 0) is 88.8 Å². The molecule has 1 aliphatic heterocycles. The Kier molecular flexibility index (Phi) is 8.73. The molecule has 0 aliphatic carbocycles. The van der Waals surface area contributed by atoms with Gasteiger partial charge in [0.1, 0.15) is 17.3 Å². The molecule has 39 heavy (non-hydrogen) atoms. The lowest BCUT2D eigenvalue weighted by molar-refractivity contribution is 0.103. The van der Waals surface area contributed by atoms with E-state index < -0.39 is 21.4 Å². The maximum atomic E-state index is 14.8. The minimum Gasteiger partial charge on any atom is -0.508 e. The molecule has 3 N–H and O–H groups in total. The molecule has 0 amide bonds. The first-order valence-corrected chi connectivity index (χ1v) is 14.7. The second-order valence-electron chi connectivity index (χ2n) is 10.4. The first-order valence-electron chi connectivity index (χ1n) is 13.1. The van der Waals surface area contributed by atoms with E-state index in [1.807, 2.05) is 19.0 Å². The van der Waals surface area contributed by atoms with Gasteiger partial charge < -0.3 is 20.4 Å². The van der Waals surface area contributed by atoms with E-state index in [0.29, 0.717) is 25.1 Å². The summed E-state index contributed by atoms with van der Waals surface area (Å²) in [6.45, 7) is 3.42. The van der Waals surface area contributed by atoms with E-state index in [1.54, 1.807) is 6.07 Å².